The summed E-state index contributed by atoms with van der Waals surface area (Å²) in [6, 6.07) is 10.2. The maximum atomic E-state index is 5.87. The van der Waals surface area contributed by atoms with Crippen LogP contribution in [0.1, 0.15) is 11.8 Å². The van der Waals surface area contributed by atoms with E-state index in [1.807, 2.05) is 12.1 Å². The van der Waals surface area contributed by atoms with Crippen molar-refractivity contribution < 1.29 is 0 Å². The highest BCUT2D eigenvalue weighted by atomic mass is 79.9. The Hall–Kier alpha value is -0.310. The van der Waals surface area contributed by atoms with Gasteiger partial charge >= 0.3 is 0 Å². The van der Waals surface area contributed by atoms with Gasteiger partial charge in [0.2, 0.25) is 0 Å². The van der Waals surface area contributed by atoms with Crippen LogP contribution in [0.25, 0.3) is 11.1 Å². The molecule has 1 aromatic carbocycles. The van der Waals surface area contributed by atoms with Crippen LogP contribution in [-0.2, 0) is 6.42 Å². The molecule has 0 bridgehead atoms. The highest BCUT2D eigenvalue weighted by molar-refractivity contribution is 9.11. The zero-order valence-corrected chi connectivity index (χ0v) is 11.4. The molecule has 1 heterocycles. The van der Waals surface area contributed by atoms with E-state index in [9.17, 15) is 0 Å². The normalized spacial score (nSPS) is 10.6. The highest BCUT2D eigenvalue weighted by Crippen LogP contribution is 2.35. The number of aryl methyl sites for hydroxylation is 1. The fraction of sp³-hybridized carbons (Fsp3) is 0.167. The summed E-state index contributed by atoms with van der Waals surface area (Å²) in [5, 5.41) is 0.783. The van der Waals surface area contributed by atoms with E-state index in [1.54, 1.807) is 11.3 Å². The molecule has 0 amide bonds. The molecule has 2 rings (SSSR count). The van der Waals surface area contributed by atoms with Gasteiger partial charge in [-0.1, -0.05) is 30.7 Å². The molecule has 78 valence electrons. The molecular weight excluding hydrogens is 292 g/mol. The minimum Gasteiger partial charge on any atom is -0.133 e. The Balaban J connectivity index is 2.48. The predicted molar refractivity (Wildman–Crippen MR) is 71.8 cm³/mol. The van der Waals surface area contributed by atoms with E-state index in [-0.39, 0.29) is 0 Å². The van der Waals surface area contributed by atoms with Crippen molar-refractivity contribution in [3.05, 3.63) is 44.0 Å². The van der Waals surface area contributed by atoms with Crippen molar-refractivity contribution in [2.24, 2.45) is 0 Å². The van der Waals surface area contributed by atoms with Gasteiger partial charge in [0, 0.05) is 9.90 Å². The smallest absolute Gasteiger partial charge is 0.0707 e. The van der Waals surface area contributed by atoms with Crippen LogP contribution < -0.4 is 0 Å². The molecule has 0 nitrogen and oxygen atoms in total. The Morgan fingerprint density at radius 1 is 1.27 bits per heavy atom. The summed E-state index contributed by atoms with van der Waals surface area (Å²) in [6.45, 7) is 2.18. The number of rotatable bonds is 2. The highest BCUT2D eigenvalue weighted by Gasteiger charge is 2.07. The van der Waals surface area contributed by atoms with Crippen molar-refractivity contribution in [1.29, 1.82) is 0 Å². The number of halogens is 2. The van der Waals surface area contributed by atoms with Crippen LogP contribution in [0.4, 0.5) is 0 Å². The average Bonchev–Trinajstić information content (AvgIpc) is 2.61. The van der Waals surface area contributed by atoms with Crippen molar-refractivity contribution in [3.8, 4) is 11.1 Å². The molecule has 1 aromatic heterocycles. The number of hydrogen-bond acceptors (Lipinski definition) is 1. The van der Waals surface area contributed by atoms with Gasteiger partial charge in [0.1, 0.15) is 0 Å². The van der Waals surface area contributed by atoms with Crippen molar-refractivity contribution in [2.45, 2.75) is 13.3 Å². The largest absolute Gasteiger partial charge is 0.133 e. The first-order chi connectivity index (χ1) is 7.20. The molecule has 0 saturated carbocycles. The van der Waals surface area contributed by atoms with Crippen molar-refractivity contribution >= 4 is 38.9 Å². The molecule has 0 radical (unpaired) electrons. The van der Waals surface area contributed by atoms with Crippen LogP contribution >= 0.6 is 38.9 Å². The Bertz CT molecular complexity index is 459. The van der Waals surface area contributed by atoms with E-state index in [2.05, 4.69) is 41.1 Å². The fourth-order valence-electron chi connectivity index (χ4n) is 1.53. The molecule has 0 fully saturated rings. The van der Waals surface area contributed by atoms with Gasteiger partial charge in [0.05, 0.1) is 3.79 Å². The number of hydrogen-bond donors (Lipinski definition) is 0. The third-order valence-corrected chi connectivity index (χ3v) is 4.29. The molecule has 2 aromatic rings. The summed E-state index contributed by atoms with van der Waals surface area (Å²) >= 11 is 11.2. The molecule has 0 aliphatic heterocycles. The third kappa shape index (κ3) is 2.44. The molecule has 0 saturated heterocycles. The van der Waals surface area contributed by atoms with Crippen molar-refractivity contribution in [3.63, 3.8) is 0 Å². The molecule has 0 spiro atoms. The van der Waals surface area contributed by atoms with Gasteiger partial charge in [-0.25, -0.2) is 0 Å². The summed E-state index contributed by atoms with van der Waals surface area (Å²) in [6.07, 6.45) is 1.06. The summed E-state index contributed by atoms with van der Waals surface area (Å²) in [7, 11) is 0. The van der Waals surface area contributed by atoms with Gasteiger partial charge < -0.3 is 0 Å². The summed E-state index contributed by atoms with van der Waals surface area (Å²) in [5.41, 5.74) is 2.55. The zero-order chi connectivity index (χ0) is 10.8. The SMILES string of the molecule is CCc1sc(Br)cc1-c1ccc(Cl)cc1. The minimum atomic E-state index is 0.783. The molecule has 3 heteroatoms. The molecule has 0 aliphatic carbocycles. The fourth-order valence-corrected chi connectivity index (χ4v) is 3.32. The molecular formula is C12H10BrClS. The summed E-state index contributed by atoms with van der Waals surface area (Å²) in [4.78, 5) is 1.41. The summed E-state index contributed by atoms with van der Waals surface area (Å²) < 4.78 is 1.18. The van der Waals surface area contributed by atoms with Crippen LogP contribution in [0.15, 0.2) is 34.1 Å². The minimum absolute atomic E-state index is 0.783. The van der Waals surface area contributed by atoms with Crippen LogP contribution in [-0.4, -0.2) is 0 Å². The van der Waals surface area contributed by atoms with Crippen molar-refractivity contribution in [2.75, 3.05) is 0 Å². The van der Waals surface area contributed by atoms with E-state index in [0.717, 1.165) is 11.4 Å². The van der Waals surface area contributed by atoms with Crippen LogP contribution in [0.2, 0.25) is 5.02 Å². The number of benzene rings is 1. The Morgan fingerprint density at radius 2 is 1.93 bits per heavy atom. The second-order valence-corrected chi connectivity index (χ2v) is 6.20. The van der Waals surface area contributed by atoms with Gasteiger partial charge in [0.25, 0.3) is 0 Å². The van der Waals surface area contributed by atoms with Gasteiger partial charge in [-0.05, 0) is 51.7 Å². The second-order valence-electron chi connectivity index (χ2n) is 3.25. The van der Waals surface area contributed by atoms with Crippen LogP contribution in [0.3, 0.4) is 0 Å². The number of thiophene rings is 1. The molecule has 0 aliphatic rings. The topological polar surface area (TPSA) is 0 Å². The van der Waals surface area contributed by atoms with Crippen LogP contribution in [0.5, 0.6) is 0 Å². The first-order valence-electron chi connectivity index (χ1n) is 4.75. The van der Waals surface area contributed by atoms with E-state index in [4.69, 9.17) is 11.6 Å². The van der Waals surface area contributed by atoms with Gasteiger partial charge in [-0.15, -0.1) is 11.3 Å². The predicted octanol–water partition coefficient (Wildman–Crippen LogP) is 5.39. The lowest BCUT2D eigenvalue weighted by Gasteiger charge is -2.01. The Labute approximate surface area is 107 Å². The Morgan fingerprint density at radius 3 is 2.53 bits per heavy atom. The Kier molecular flexibility index (Phi) is 3.49. The standard InChI is InChI=1S/C12H10BrClS/c1-2-11-10(7-12(13)15-11)8-3-5-9(14)6-4-8/h3-7H,2H2,1H3. The quantitative estimate of drug-likeness (QED) is 0.697. The second kappa shape index (κ2) is 4.69. The van der Waals surface area contributed by atoms with E-state index in [1.165, 1.54) is 19.8 Å². The lowest BCUT2D eigenvalue weighted by molar-refractivity contribution is 1.19. The summed E-state index contributed by atoms with van der Waals surface area (Å²) in [5.74, 6) is 0. The molecule has 0 unspecified atom stereocenters. The van der Waals surface area contributed by atoms with Crippen LogP contribution in [0, 0.1) is 0 Å². The van der Waals surface area contributed by atoms with E-state index in [0.29, 0.717) is 0 Å². The van der Waals surface area contributed by atoms with Gasteiger partial charge in [-0.3, -0.25) is 0 Å². The third-order valence-electron chi connectivity index (χ3n) is 2.26. The maximum Gasteiger partial charge on any atom is 0.0707 e. The zero-order valence-electron chi connectivity index (χ0n) is 8.26. The van der Waals surface area contributed by atoms with E-state index >= 15 is 0 Å². The lowest BCUT2D eigenvalue weighted by Crippen LogP contribution is -1.79. The van der Waals surface area contributed by atoms with Crippen molar-refractivity contribution in [1.82, 2.24) is 0 Å². The van der Waals surface area contributed by atoms with E-state index < -0.39 is 0 Å². The average molecular weight is 302 g/mol. The monoisotopic (exact) mass is 300 g/mol. The molecule has 15 heavy (non-hydrogen) atoms. The van der Waals surface area contributed by atoms with Gasteiger partial charge in [0.15, 0.2) is 0 Å². The molecule has 0 atom stereocenters. The molecule has 0 N–H and O–H groups in total. The first-order valence-corrected chi connectivity index (χ1v) is 6.73. The van der Waals surface area contributed by atoms with Gasteiger partial charge in [-0.2, -0.15) is 0 Å². The maximum absolute atomic E-state index is 5.87. The lowest BCUT2D eigenvalue weighted by atomic mass is 10.1. The first kappa shape index (κ1) is 11.2.